The molecule has 3 N–H and O–H groups in total. The summed E-state index contributed by atoms with van der Waals surface area (Å²) in [4.78, 5) is 24.6. The summed E-state index contributed by atoms with van der Waals surface area (Å²) in [5.74, 6) is 0.200. The second-order valence-electron chi connectivity index (χ2n) is 15.0. The lowest BCUT2D eigenvalue weighted by Crippen LogP contribution is -2.67. The maximum atomic E-state index is 12.9. The minimum absolute atomic E-state index is 0.00812. The van der Waals surface area contributed by atoms with Gasteiger partial charge in [0.1, 0.15) is 0 Å². The van der Waals surface area contributed by atoms with E-state index < -0.39 is 22.9 Å². The maximum Gasteiger partial charge on any atom is 0.309 e. The number of fused-ring (bicyclic) bond motifs is 7. The molecule has 5 aliphatic carbocycles. The Morgan fingerprint density at radius 1 is 0.895 bits per heavy atom. The Bertz CT molecular complexity index is 1010. The first-order valence-corrected chi connectivity index (χ1v) is 15.0. The Balaban J connectivity index is 1.53. The van der Waals surface area contributed by atoms with E-state index in [9.17, 15) is 24.9 Å². The van der Waals surface area contributed by atoms with Crippen LogP contribution < -0.4 is 0 Å². The van der Waals surface area contributed by atoms with E-state index in [-0.39, 0.29) is 53.2 Å². The molecule has 0 heterocycles. The van der Waals surface area contributed by atoms with Crippen molar-refractivity contribution in [1.29, 1.82) is 0 Å². The zero-order valence-electron chi connectivity index (χ0n) is 24.2. The van der Waals surface area contributed by atoms with Gasteiger partial charge in [0.15, 0.2) is 0 Å². The standard InChI is InChI=1S/C32H50O6/c1-19(17-33)21-9-14-32(27(36)37)16-15-30(5)22(26(21)32)7-8-24-28(3)12-11-25(35)29(4,18-38-20(2)34)23(28)10-13-31(24,30)6/h21-26,33,35H,1,7-18H2,2-6H3,(H,36,37)/t21-,22?,23?,24?,25-,26?,28-,29-,30+,31+,32-/m0/s1. The molecule has 0 aliphatic heterocycles. The highest BCUT2D eigenvalue weighted by molar-refractivity contribution is 5.76. The van der Waals surface area contributed by atoms with Crippen LogP contribution in [0.2, 0.25) is 0 Å². The maximum absolute atomic E-state index is 12.9. The number of hydrogen-bond donors (Lipinski definition) is 3. The van der Waals surface area contributed by atoms with Crippen molar-refractivity contribution in [2.45, 2.75) is 105 Å². The highest BCUT2D eigenvalue weighted by atomic mass is 16.5. The molecule has 0 saturated heterocycles. The average Bonchev–Trinajstić information content (AvgIpc) is 3.26. The number of aliphatic hydroxyl groups excluding tert-OH is 2. The van der Waals surface area contributed by atoms with Gasteiger partial charge in [-0.2, -0.15) is 0 Å². The molecule has 4 unspecified atom stereocenters. The van der Waals surface area contributed by atoms with Gasteiger partial charge in [0.25, 0.3) is 0 Å². The number of esters is 1. The van der Waals surface area contributed by atoms with Gasteiger partial charge in [-0.05, 0) is 116 Å². The monoisotopic (exact) mass is 530 g/mol. The molecule has 0 aromatic rings. The van der Waals surface area contributed by atoms with Crippen molar-refractivity contribution in [2.24, 2.45) is 56.7 Å². The summed E-state index contributed by atoms with van der Waals surface area (Å²) in [6, 6.07) is 0. The van der Waals surface area contributed by atoms with Crippen LogP contribution in [0, 0.1) is 56.7 Å². The van der Waals surface area contributed by atoms with E-state index in [0.717, 1.165) is 56.9 Å². The molecule has 0 spiro atoms. The number of aliphatic hydroxyl groups is 2. The van der Waals surface area contributed by atoms with E-state index in [1.165, 1.54) is 6.92 Å². The zero-order chi connectivity index (χ0) is 27.9. The number of rotatable bonds is 5. The fourth-order valence-electron chi connectivity index (χ4n) is 11.8. The zero-order valence-corrected chi connectivity index (χ0v) is 24.2. The molecule has 5 fully saturated rings. The minimum Gasteiger partial charge on any atom is -0.481 e. The predicted molar refractivity (Wildman–Crippen MR) is 145 cm³/mol. The molecule has 5 rings (SSSR count). The van der Waals surface area contributed by atoms with Crippen LogP contribution >= 0.6 is 0 Å². The van der Waals surface area contributed by atoms with Crippen LogP contribution in [0.1, 0.15) is 98.8 Å². The van der Waals surface area contributed by atoms with Crippen molar-refractivity contribution in [3.63, 3.8) is 0 Å². The molecule has 0 bridgehead atoms. The molecule has 5 aliphatic rings. The summed E-state index contributed by atoms with van der Waals surface area (Å²) in [5.41, 5.74) is -0.251. The highest BCUT2D eigenvalue weighted by Crippen LogP contribution is 2.77. The second kappa shape index (κ2) is 9.06. The van der Waals surface area contributed by atoms with Crippen LogP contribution in [-0.4, -0.2) is 46.6 Å². The number of hydrogen-bond acceptors (Lipinski definition) is 5. The quantitative estimate of drug-likeness (QED) is 0.316. The van der Waals surface area contributed by atoms with Crippen molar-refractivity contribution < 1.29 is 29.6 Å². The lowest BCUT2D eigenvalue weighted by Gasteiger charge is -2.72. The van der Waals surface area contributed by atoms with Crippen molar-refractivity contribution in [3.05, 3.63) is 12.2 Å². The van der Waals surface area contributed by atoms with E-state index in [1.54, 1.807) is 0 Å². The molecule has 0 aromatic carbocycles. The first kappa shape index (κ1) is 28.1. The highest BCUT2D eigenvalue weighted by Gasteiger charge is 2.72. The summed E-state index contributed by atoms with van der Waals surface area (Å²) >= 11 is 0. The summed E-state index contributed by atoms with van der Waals surface area (Å²) in [7, 11) is 0. The lowest BCUT2D eigenvalue weighted by atomic mass is 9.32. The molecule has 0 radical (unpaired) electrons. The molecule has 6 heteroatoms. The van der Waals surface area contributed by atoms with Crippen LogP contribution in [0.4, 0.5) is 0 Å². The summed E-state index contributed by atoms with van der Waals surface area (Å²) < 4.78 is 5.56. The van der Waals surface area contributed by atoms with Crippen molar-refractivity contribution in [1.82, 2.24) is 0 Å². The fraction of sp³-hybridized carbons (Fsp3) is 0.875. The van der Waals surface area contributed by atoms with Crippen LogP contribution in [0.25, 0.3) is 0 Å². The largest absolute Gasteiger partial charge is 0.481 e. The Labute approximate surface area is 228 Å². The number of carboxylic acid groups (broad SMARTS) is 1. The molecular weight excluding hydrogens is 480 g/mol. The molecule has 214 valence electrons. The molecule has 0 aromatic heterocycles. The third-order valence-electron chi connectivity index (χ3n) is 14.0. The Kier molecular flexibility index (Phi) is 6.71. The number of carboxylic acids is 1. The normalized spacial score (nSPS) is 51.7. The Hall–Kier alpha value is -1.40. The second-order valence-corrected chi connectivity index (χ2v) is 15.0. The van der Waals surface area contributed by atoms with Gasteiger partial charge >= 0.3 is 11.9 Å². The van der Waals surface area contributed by atoms with Crippen LogP contribution in [0.15, 0.2) is 12.2 Å². The number of carbonyl (C=O) groups excluding carboxylic acids is 1. The first-order chi connectivity index (χ1) is 17.7. The number of carbonyl (C=O) groups is 2. The summed E-state index contributed by atoms with van der Waals surface area (Å²) in [6.07, 6.45) is 8.47. The third-order valence-corrected chi connectivity index (χ3v) is 14.0. The summed E-state index contributed by atoms with van der Waals surface area (Å²) in [5, 5.41) is 31.8. The van der Waals surface area contributed by atoms with E-state index >= 15 is 0 Å². The molecule has 6 nitrogen and oxygen atoms in total. The summed E-state index contributed by atoms with van der Waals surface area (Å²) in [6.45, 7) is 15.4. The first-order valence-electron chi connectivity index (χ1n) is 15.0. The van der Waals surface area contributed by atoms with E-state index in [2.05, 4.69) is 34.3 Å². The van der Waals surface area contributed by atoms with Gasteiger partial charge in [-0.3, -0.25) is 9.59 Å². The SMILES string of the molecule is C=C(CO)[C@@H]1CC[C@]2(C(=O)O)CC[C@]3(C)C(CCC4[C@@]5(C)CC[C@H](O)[C@@](C)(COC(C)=O)C5CC[C@]43C)C12. The Morgan fingerprint density at radius 2 is 1.61 bits per heavy atom. The topological polar surface area (TPSA) is 104 Å². The minimum atomic E-state index is -0.700. The lowest BCUT2D eigenvalue weighted by molar-refractivity contribution is -0.255. The molecular formula is C32H50O6. The predicted octanol–water partition coefficient (Wildman–Crippen LogP) is 5.61. The van der Waals surface area contributed by atoms with Gasteiger partial charge in [-0.1, -0.05) is 34.3 Å². The van der Waals surface area contributed by atoms with E-state index in [0.29, 0.717) is 24.7 Å². The number of ether oxygens (including phenoxy) is 1. The van der Waals surface area contributed by atoms with Crippen molar-refractivity contribution >= 4 is 11.9 Å². The smallest absolute Gasteiger partial charge is 0.309 e. The van der Waals surface area contributed by atoms with Gasteiger partial charge in [0.2, 0.25) is 0 Å². The van der Waals surface area contributed by atoms with Gasteiger partial charge < -0.3 is 20.1 Å². The molecule has 0 amide bonds. The van der Waals surface area contributed by atoms with Gasteiger partial charge in [0, 0.05) is 12.3 Å². The van der Waals surface area contributed by atoms with Crippen molar-refractivity contribution in [3.8, 4) is 0 Å². The fourth-order valence-corrected chi connectivity index (χ4v) is 11.8. The molecule has 5 saturated carbocycles. The van der Waals surface area contributed by atoms with Crippen LogP contribution in [0.3, 0.4) is 0 Å². The number of aliphatic carboxylic acids is 1. The van der Waals surface area contributed by atoms with Crippen molar-refractivity contribution in [2.75, 3.05) is 13.2 Å². The third kappa shape index (κ3) is 3.50. The van der Waals surface area contributed by atoms with E-state index in [4.69, 9.17) is 4.74 Å². The van der Waals surface area contributed by atoms with E-state index in [1.807, 2.05) is 0 Å². The van der Waals surface area contributed by atoms with Gasteiger partial charge in [-0.25, -0.2) is 0 Å². The van der Waals surface area contributed by atoms with Gasteiger partial charge in [0.05, 0.1) is 24.7 Å². The van der Waals surface area contributed by atoms with Crippen LogP contribution in [-0.2, 0) is 14.3 Å². The Morgan fingerprint density at radius 3 is 2.24 bits per heavy atom. The van der Waals surface area contributed by atoms with Gasteiger partial charge in [-0.15, -0.1) is 0 Å². The molecule has 38 heavy (non-hydrogen) atoms. The average molecular weight is 531 g/mol. The van der Waals surface area contributed by atoms with Crippen LogP contribution in [0.5, 0.6) is 0 Å². The molecule has 11 atom stereocenters.